The van der Waals surface area contributed by atoms with Crippen LogP contribution in [-0.4, -0.2) is 19.4 Å². The molecule has 0 saturated carbocycles. The quantitative estimate of drug-likeness (QED) is 0.326. The first-order valence-electron chi connectivity index (χ1n) is 9.41. The molecule has 0 bridgehead atoms. The third kappa shape index (κ3) is 6.83. The van der Waals surface area contributed by atoms with Crippen molar-refractivity contribution in [1.29, 1.82) is 0 Å². The van der Waals surface area contributed by atoms with Crippen LogP contribution >= 0.6 is 0 Å². The number of unbranched alkanes of at least 4 members (excludes halogenated alkanes) is 3. The van der Waals surface area contributed by atoms with Crippen LogP contribution in [0.5, 0.6) is 0 Å². The molecule has 0 unspecified atom stereocenters. The van der Waals surface area contributed by atoms with Crippen LogP contribution < -0.4 is 0 Å². The summed E-state index contributed by atoms with van der Waals surface area (Å²) >= 11 is 0. The molecule has 0 heterocycles. The van der Waals surface area contributed by atoms with E-state index in [0.717, 1.165) is 32.0 Å². The summed E-state index contributed by atoms with van der Waals surface area (Å²) in [5, 5.41) is 0. The van der Waals surface area contributed by atoms with Gasteiger partial charge in [-0.25, -0.2) is 4.79 Å². The molecule has 0 radical (unpaired) electrons. The average molecular weight is 352 g/mol. The highest BCUT2D eigenvalue weighted by Crippen LogP contribution is 2.14. The second kappa shape index (κ2) is 11.2. The van der Waals surface area contributed by atoms with Gasteiger partial charge in [-0.2, -0.15) is 0 Å². The Bertz CT molecular complexity index is 706. The molecule has 2 aromatic carbocycles. The summed E-state index contributed by atoms with van der Waals surface area (Å²) in [5.74, 6) is -0.276. The summed E-state index contributed by atoms with van der Waals surface area (Å²) in [6, 6.07) is 16.3. The molecule has 26 heavy (non-hydrogen) atoms. The van der Waals surface area contributed by atoms with Crippen LogP contribution in [0.3, 0.4) is 0 Å². The highest BCUT2D eigenvalue weighted by Gasteiger charge is 2.05. The molecule has 0 N–H and O–H groups in total. The van der Waals surface area contributed by atoms with Gasteiger partial charge in [0.05, 0.1) is 12.7 Å². The lowest BCUT2D eigenvalue weighted by molar-refractivity contribution is -0.107. The molecule has 0 atom stereocenters. The Morgan fingerprint density at radius 2 is 1.42 bits per heavy atom. The SMILES string of the molecule is COC(=O)c1cccc(CCCCCCc2cccc(CCC=O)c2)c1. The predicted octanol–water partition coefficient (Wildman–Crippen LogP) is 4.95. The van der Waals surface area contributed by atoms with Crippen molar-refractivity contribution in [3.8, 4) is 0 Å². The van der Waals surface area contributed by atoms with Crippen molar-refractivity contribution in [3.05, 3.63) is 70.8 Å². The summed E-state index contributed by atoms with van der Waals surface area (Å²) in [5.41, 5.74) is 4.43. The molecular weight excluding hydrogens is 324 g/mol. The van der Waals surface area contributed by atoms with E-state index in [-0.39, 0.29) is 5.97 Å². The van der Waals surface area contributed by atoms with Crippen molar-refractivity contribution in [2.45, 2.75) is 51.4 Å². The average Bonchev–Trinajstić information content (AvgIpc) is 2.69. The fraction of sp³-hybridized carbons (Fsp3) is 0.391. The van der Waals surface area contributed by atoms with Gasteiger partial charge in [0.15, 0.2) is 0 Å². The van der Waals surface area contributed by atoms with Gasteiger partial charge in [0, 0.05) is 6.42 Å². The number of benzene rings is 2. The van der Waals surface area contributed by atoms with Crippen molar-refractivity contribution in [1.82, 2.24) is 0 Å². The first-order chi connectivity index (χ1) is 12.7. The van der Waals surface area contributed by atoms with Gasteiger partial charge in [-0.15, -0.1) is 0 Å². The standard InChI is InChI=1S/C23H28O3/c1-26-23(25)22-15-7-13-21(18-22)10-5-3-2-4-9-19-11-6-12-20(17-19)14-8-16-24/h6-7,11-13,15-18H,2-5,8-10,14H2,1H3. The summed E-state index contributed by atoms with van der Waals surface area (Å²) in [7, 11) is 1.41. The van der Waals surface area contributed by atoms with Crippen LogP contribution in [0.1, 0.15) is 59.2 Å². The molecule has 0 aliphatic carbocycles. The number of rotatable bonds is 11. The third-order valence-electron chi connectivity index (χ3n) is 4.57. The smallest absolute Gasteiger partial charge is 0.337 e. The second-order valence-electron chi connectivity index (χ2n) is 6.63. The van der Waals surface area contributed by atoms with E-state index in [2.05, 4.69) is 30.3 Å². The summed E-state index contributed by atoms with van der Waals surface area (Å²) in [6.07, 6.45) is 9.20. The van der Waals surface area contributed by atoms with Crippen LogP contribution in [0.4, 0.5) is 0 Å². The van der Waals surface area contributed by atoms with Gasteiger partial charge in [0.25, 0.3) is 0 Å². The lowest BCUT2D eigenvalue weighted by Gasteiger charge is -2.06. The molecule has 0 aromatic heterocycles. The number of hydrogen-bond donors (Lipinski definition) is 0. The zero-order chi connectivity index (χ0) is 18.6. The number of methoxy groups -OCH3 is 1. The van der Waals surface area contributed by atoms with Gasteiger partial charge in [-0.05, 0) is 60.9 Å². The van der Waals surface area contributed by atoms with Gasteiger partial charge in [-0.3, -0.25) is 0 Å². The van der Waals surface area contributed by atoms with Gasteiger partial charge in [-0.1, -0.05) is 49.2 Å². The zero-order valence-electron chi connectivity index (χ0n) is 15.6. The molecule has 2 rings (SSSR count). The Balaban J connectivity index is 1.67. The fourth-order valence-corrected chi connectivity index (χ4v) is 3.15. The van der Waals surface area contributed by atoms with Gasteiger partial charge < -0.3 is 9.53 Å². The van der Waals surface area contributed by atoms with Crippen molar-refractivity contribution < 1.29 is 14.3 Å². The van der Waals surface area contributed by atoms with Crippen molar-refractivity contribution in [2.75, 3.05) is 7.11 Å². The topological polar surface area (TPSA) is 43.4 Å². The summed E-state index contributed by atoms with van der Waals surface area (Å²) in [4.78, 5) is 22.0. The molecule has 138 valence electrons. The Morgan fingerprint density at radius 1 is 0.846 bits per heavy atom. The van der Waals surface area contributed by atoms with E-state index in [1.807, 2.05) is 12.1 Å². The Morgan fingerprint density at radius 3 is 2.04 bits per heavy atom. The largest absolute Gasteiger partial charge is 0.465 e. The third-order valence-corrected chi connectivity index (χ3v) is 4.57. The second-order valence-corrected chi connectivity index (χ2v) is 6.63. The molecule has 0 saturated heterocycles. The van der Waals surface area contributed by atoms with Crippen molar-refractivity contribution >= 4 is 12.3 Å². The van der Waals surface area contributed by atoms with E-state index in [1.54, 1.807) is 6.07 Å². The van der Waals surface area contributed by atoms with Crippen LogP contribution in [-0.2, 0) is 28.8 Å². The number of aryl methyl sites for hydroxylation is 3. The van der Waals surface area contributed by atoms with E-state index in [1.165, 1.54) is 43.1 Å². The normalized spacial score (nSPS) is 10.5. The molecule has 0 amide bonds. The molecule has 0 aliphatic rings. The van der Waals surface area contributed by atoms with E-state index in [4.69, 9.17) is 4.74 Å². The number of hydrogen-bond acceptors (Lipinski definition) is 3. The predicted molar refractivity (Wildman–Crippen MR) is 104 cm³/mol. The van der Waals surface area contributed by atoms with Crippen LogP contribution in [0.15, 0.2) is 48.5 Å². The number of ether oxygens (including phenoxy) is 1. The van der Waals surface area contributed by atoms with E-state index in [9.17, 15) is 9.59 Å². The van der Waals surface area contributed by atoms with Crippen LogP contribution in [0.2, 0.25) is 0 Å². The lowest BCUT2D eigenvalue weighted by Crippen LogP contribution is -2.01. The lowest BCUT2D eigenvalue weighted by atomic mass is 10.0. The van der Waals surface area contributed by atoms with E-state index in [0.29, 0.717) is 12.0 Å². The number of esters is 1. The zero-order valence-corrected chi connectivity index (χ0v) is 15.6. The molecule has 2 aromatic rings. The summed E-state index contributed by atoms with van der Waals surface area (Å²) in [6.45, 7) is 0. The Kier molecular flexibility index (Phi) is 8.61. The Hall–Kier alpha value is -2.42. The van der Waals surface area contributed by atoms with Gasteiger partial charge in [0.1, 0.15) is 6.29 Å². The molecule has 0 fully saturated rings. The Labute approximate surface area is 156 Å². The van der Waals surface area contributed by atoms with Gasteiger partial charge in [0.2, 0.25) is 0 Å². The maximum absolute atomic E-state index is 11.6. The first kappa shape index (κ1) is 19.9. The van der Waals surface area contributed by atoms with Crippen molar-refractivity contribution in [2.24, 2.45) is 0 Å². The molecule has 3 nitrogen and oxygen atoms in total. The minimum absolute atomic E-state index is 0.276. The number of aldehydes is 1. The van der Waals surface area contributed by atoms with Crippen molar-refractivity contribution in [3.63, 3.8) is 0 Å². The summed E-state index contributed by atoms with van der Waals surface area (Å²) < 4.78 is 4.76. The minimum Gasteiger partial charge on any atom is -0.465 e. The number of carbonyl (C=O) groups excluding carboxylic acids is 2. The van der Waals surface area contributed by atoms with Gasteiger partial charge >= 0.3 is 5.97 Å². The molecule has 0 aliphatic heterocycles. The van der Waals surface area contributed by atoms with E-state index < -0.39 is 0 Å². The molecule has 0 spiro atoms. The maximum atomic E-state index is 11.6. The number of carbonyl (C=O) groups is 2. The highest BCUT2D eigenvalue weighted by molar-refractivity contribution is 5.89. The molecule has 3 heteroatoms. The minimum atomic E-state index is -0.276. The highest BCUT2D eigenvalue weighted by atomic mass is 16.5. The van der Waals surface area contributed by atoms with Crippen LogP contribution in [0.25, 0.3) is 0 Å². The fourth-order valence-electron chi connectivity index (χ4n) is 3.15. The van der Waals surface area contributed by atoms with E-state index >= 15 is 0 Å². The van der Waals surface area contributed by atoms with Crippen LogP contribution in [0, 0.1) is 0 Å². The monoisotopic (exact) mass is 352 g/mol. The maximum Gasteiger partial charge on any atom is 0.337 e. The first-order valence-corrected chi connectivity index (χ1v) is 9.41. The molecular formula is C23H28O3.